The largest absolute Gasteiger partial charge is 0.403 e. The molecule has 0 aliphatic rings. The zero-order valence-corrected chi connectivity index (χ0v) is 26.1. The summed E-state index contributed by atoms with van der Waals surface area (Å²) in [6, 6.07) is 14.2. The van der Waals surface area contributed by atoms with Gasteiger partial charge in [-0.25, -0.2) is 9.97 Å². The van der Waals surface area contributed by atoms with Gasteiger partial charge in [-0.3, -0.25) is 4.99 Å². The van der Waals surface area contributed by atoms with Crippen molar-refractivity contribution in [3.05, 3.63) is 89.4 Å². The van der Waals surface area contributed by atoms with Gasteiger partial charge in [-0.15, -0.1) is 6.58 Å². The molecule has 1 heterocycles. The molecule has 3 N–H and O–H groups in total. The van der Waals surface area contributed by atoms with Gasteiger partial charge in [-0.1, -0.05) is 55.3 Å². The molecule has 0 saturated heterocycles. The van der Waals surface area contributed by atoms with E-state index in [1.165, 1.54) is 11.8 Å². The molecule has 7 heteroatoms. The van der Waals surface area contributed by atoms with Gasteiger partial charge in [-0.05, 0) is 89.5 Å². The van der Waals surface area contributed by atoms with Crippen molar-refractivity contribution in [1.29, 1.82) is 0 Å². The van der Waals surface area contributed by atoms with E-state index >= 15 is 0 Å². The Hall–Kier alpha value is -3.48. The molecule has 0 aliphatic carbocycles. The van der Waals surface area contributed by atoms with Crippen LogP contribution in [0.4, 0.5) is 0 Å². The van der Waals surface area contributed by atoms with E-state index < -0.39 is 0 Å². The maximum Gasteiger partial charge on any atom is 0.0925 e. The molecule has 0 radical (unpaired) electrons. The smallest absolute Gasteiger partial charge is 0.0925 e. The molecule has 0 aliphatic heterocycles. The lowest BCUT2D eigenvalue weighted by molar-refractivity contribution is 0.387. The number of nitrogens with two attached hydrogens (primary N) is 1. The van der Waals surface area contributed by atoms with Crippen molar-refractivity contribution in [2.45, 2.75) is 59.3 Å². The maximum atomic E-state index is 6.14. The van der Waals surface area contributed by atoms with Crippen LogP contribution < -0.4 is 11.1 Å². The summed E-state index contributed by atoms with van der Waals surface area (Å²) < 4.78 is 0. The minimum atomic E-state index is 0.722. The topological polar surface area (TPSA) is 79.4 Å². The highest BCUT2D eigenvalue weighted by Crippen LogP contribution is 2.28. The first kappa shape index (κ1) is 33.7. The highest BCUT2D eigenvalue weighted by molar-refractivity contribution is 6.30. The zero-order valence-electron chi connectivity index (χ0n) is 25.3. The second-order valence-electron chi connectivity index (χ2n) is 10.3. The van der Waals surface area contributed by atoms with E-state index in [-0.39, 0.29) is 0 Å². The third kappa shape index (κ3) is 11.1. The molecular weight excluding hydrogens is 528 g/mol. The summed E-state index contributed by atoms with van der Waals surface area (Å²) in [6.07, 6.45) is 7.79. The molecule has 0 bridgehead atoms. The minimum absolute atomic E-state index is 0.722. The summed E-state index contributed by atoms with van der Waals surface area (Å²) in [5.41, 5.74) is 13.9. The average Bonchev–Trinajstić information content (AvgIpc) is 2.98. The van der Waals surface area contributed by atoms with Gasteiger partial charge in [0.2, 0.25) is 0 Å². The summed E-state index contributed by atoms with van der Waals surface area (Å²) in [6.45, 7) is 20.7. The van der Waals surface area contributed by atoms with E-state index in [0.29, 0.717) is 0 Å². The number of aryl methyl sites for hydroxylation is 1. The highest BCUT2D eigenvalue weighted by atomic mass is 35.5. The van der Waals surface area contributed by atoms with Crippen molar-refractivity contribution >= 4 is 35.0 Å². The average molecular weight is 575 g/mol. The minimum Gasteiger partial charge on any atom is -0.403 e. The van der Waals surface area contributed by atoms with Crippen molar-refractivity contribution in [3.8, 4) is 11.3 Å². The second kappa shape index (κ2) is 18.1. The molecule has 41 heavy (non-hydrogen) atoms. The van der Waals surface area contributed by atoms with Crippen LogP contribution in [0.15, 0.2) is 78.1 Å². The third-order valence-electron chi connectivity index (χ3n) is 6.74. The Balaban J connectivity index is 0.000000883. The number of unbranched alkanes of at least 4 members (excludes halogenated alkanes) is 2. The molecule has 0 spiro atoms. The monoisotopic (exact) mass is 574 g/mol. The zero-order chi connectivity index (χ0) is 30.2. The van der Waals surface area contributed by atoms with Gasteiger partial charge < -0.3 is 16.0 Å². The first-order valence-corrected chi connectivity index (χ1v) is 14.8. The van der Waals surface area contributed by atoms with Gasteiger partial charge in [0.05, 0.1) is 28.1 Å². The fourth-order valence-electron chi connectivity index (χ4n) is 4.22. The number of aliphatic imine (C=N–C) groups is 1. The summed E-state index contributed by atoms with van der Waals surface area (Å²) in [4.78, 5) is 16.0. The Morgan fingerprint density at radius 1 is 1.02 bits per heavy atom. The molecule has 3 rings (SSSR count). The number of fused-ring (bicyclic) bond motifs is 1. The quantitative estimate of drug-likeness (QED) is 0.109. The number of hydrogen-bond acceptors (Lipinski definition) is 6. The summed E-state index contributed by atoms with van der Waals surface area (Å²) >= 11 is 6.14. The Morgan fingerprint density at radius 3 is 2.34 bits per heavy atom. The molecule has 0 unspecified atom stereocenters. The normalized spacial score (nSPS) is 11.1. The van der Waals surface area contributed by atoms with E-state index in [1.54, 1.807) is 6.92 Å². The lowest BCUT2D eigenvalue weighted by Crippen LogP contribution is -2.30. The molecule has 6 nitrogen and oxygen atoms in total. The number of nitrogens with zero attached hydrogens (tertiary/aromatic N) is 4. The van der Waals surface area contributed by atoms with Crippen molar-refractivity contribution < 1.29 is 0 Å². The Morgan fingerprint density at radius 2 is 1.76 bits per heavy atom. The van der Waals surface area contributed by atoms with Crippen molar-refractivity contribution in [2.75, 3.05) is 26.7 Å². The van der Waals surface area contributed by atoms with E-state index in [2.05, 4.69) is 67.1 Å². The van der Waals surface area contributed by atoms with Crippen LogP contribution in [0.5, 0.6) is 0 Å². The highest BCUT2D eigenvalue weighted by Gasteiger charge is 2.14. The molecule has 220 valence electrons. The first-order valence-electron chi connectivity index (χ1n) is 14.4. The molecule has 0 atom stereocenters. The Labute approximate surface area is 252 Å². The van der Waals surface area contributed by atoms with Crippen molar-refractivity contribution in [2.24, 2.45) is 10.7 Å². The number of nitrogens with one attached hydrogen (secondary N) is 1. The van der Waals surface area contributed by atoms with Crippen LogP contribution in [-0.4, -0.2) is 48.3 Å². The van der Waals surface area contributed by atoms with Crippen LogP contribution in [0, 0.1) is 0 Å². The number of allylic oxidation sites excluding steroid dienone is 2. The van der Waals surface area contributed by atoms with Crippen molar-refractivity contribution in [3.63, 3.8) is 0 Å². The Kier molecular flexibility index (Phi) is 14.8. The molecule has 0 fully saturated rings. The fraction of sp³-hybridized carbons (Fsp3) is 0.382. The van der Waals surface area contributed by atoms with Crippen LogP contribution in [0.25, 0.3) is 28.0 Å². The predicted octanol–water partition coefficient (Wildman–Crippen LogP) is 8.04. The van der Waals surface area contributed by atoms with Crippen LogP contribution in [0.2, 0.25) is 5.02 Å². The first-order chi connectivity index (χ1) is 19.7. The second-order valence-corrected chi connectivity index (χ2v) is 10.7. The molecule has 3 aromatic rings. The molecule has 0 amide bonds. The van der Waals surface area contributed by atoms with E-state index in [0.717, 1.165) is 108 Å². The number of hydrogen-bond donors (Lipinski definition) is 2. The third-order valence-corrected chi connectivity index (χ3v) is 6.99. The summed E-state index contributed by atoms with van der Waals surface area (Å²) in [5, 5.41) is 3.98. The number of aromatic nitrogens is 2. The van der Waals surface area contributed by atoms with Crippen molar-refractivity contribution in [1.82, 2.24) is 20.2 Å². The van der Waals surface area contributed by atoms with Gasteiger partial charge in [0.15, 0.2) is 0 Å². The van der Waals surface area contributed by atoms with Crippen LogP contribution in [0.1, 0.15) is 64.1 Å². The van der Waals surface area contributed by atoms with Crippen LogP contribution >= 0.6 is 11.6 Å². The van der Waals surface area contributed by atoms with Crippen LogP contribution in [-0.2, 0) is 6.42 Å². The SMILES string of the molecule is C=C(C)CCCCc1nc2cc(C(=C)N(CCCC)CCNC)ccc2nc1-c1ccc(Cl)cc1.C=N/C(C)=C\N. The van der Waals surface area contributed by atoms with Gasteiger partial charge >= 0.3 is 0 Å². The summed E-state index contributed by atoms with van der Waals surface area (Å²) in [5.74, 6) is 0. The van der Waals surface area contributed by atoms with Gasteiger partial charge in [-0.2, -0.15) is 0 Å². The van der Waals surface area contributed by atoms with Gasteiger partial charge in [0, 0.05) is 42.1 Å². The van der Waals surface area contributed by atoms with Gasteiger partial charge in [0.25, 0.3) is 0 Å². The maximum absolute atomic E-state index is 6.14. The number of benzene rings is 2. The lowest BCUT2D eigenvalue weighted by Gasteiger charge is -2.27. The Bertz CT molecular complexity index is 1300. The predicted molar refractivity (Wildman–Crippen MR) is 179 cm³/mol. The molecule has 2 aromatic carbocycles. The lowest BCUT2D eigenvalue weighted by atomic mass is 10.0. The molecule has 1 aromatic heterocycles. The fourth-order valence-corrected chi connectivity index (χ4v) is 4.34. The summed E-state index contributed by atoms with van der Waals surface area (Å²) in [7, 11) is 1.99. The van der Waals surface area contributed by atoms with Gasteiger partial charge in [0.1, 0.15) is 0 Å². The standard InChI is InChI=1S/C30H39ClN4.C4H8N2/c1-6-7-19-35(20-18-32-5)23(4)25-14-17-27-29(21-25)33-28(11-9-8-10-22(2)3)30(34-27)24-12-15-26(31)16-13-24;1-4(3-5)6-2/h12-17,21,32H,2,4,6-11,18-20H2,1,3,5H3;3H,2,5H2,1H3/b;4-3-. The molecule has 0 saturated carbocycles. The van der Waals surface area contributed by atoms with E-state index in [4.69, 9.17) is 27.3 Å². The number of rotatable bonds is 15. The van der Waals surface area contributed by atoms with E-state index in [1.807, 2.05) is 31.3 Å². The van der Waals surface area contributed by atoms with E-state index in [9.17, 15) is 0 Å². The van der Waals surface area contributed by atoms with Crippen LogP contribution in [0.3, 0.4) is 0 Å². The molecular formula is C34H47ClN6. The number of likely N-dealkylation sites (N-methyl/N-ethyl adjacent to an activating group) is 1. The number of halogens is 1.